The van der Waals surface area contributed by atoms with Crippen LogP contribution in [0, 0.1) is 23.7 Å². The van der Waals surface area contributed by atoms with Crippen LogP contribution in [-0.2, 0) is 4.79 Å². The quantitative estimate of drug-likeness (QED) is 0.755. The smallest absolute Gasteiger partial charge is 0.234 e. The Morgan fingerprint density at radius 3 is 2.75 bits per heavy atom. The molecule has 16 heavy (non-hydrogen) atoms. The number of fused-ring (bicyclic) bond motifs is 5. The van der Waals surface area contributed by atoms with Crippen LogP contribution in [0.5, 0.6) is 0 Å². The van der Waals surface area contributed by atoms with Crippen molar-refractivity contribution in [1.29, 1.82) is 0 Å². The lowest BCUT2D eigenvalue weighted by molar-refractivity contribution is -0.119. The van der Waals surface area contributed by atoms with Gasteiger partial charge in [-0.15, -0.1) is 0 Å². The molecule has 3 heteroatoms. The highest BCUT2D eigenvalue weighted by Gasteiger charge is 2.53. The van der Waals surface area contributed by atoms with Gasteiger partial charge in [-0.3, -0.25) is 4.79 Å². The molecule has 2 bridgehead atoms. The first-order valence-electron chi connectivity index (χ1n) is 6.72. The first kappa shape index (κ1) is 10.6. The van der Waals surface area contributed by atoms with E-state index in [1.807, 2.05) is 6.92 Å². The molecule has 90 valence electrons. The maximum atomic E-state index is 11.1. The molecular weight excluding hydrogens is 200 g/mol. The van der Waals surface area contributed by atoms with Gasteiger partial charge in [-0.2, -0.15) is 0 Å². The molecule has 0 spiro atoms. The molecule has 0 aromatic carbocycles. The third-order valence-corrected chi connectivity index (χ3v) is 5.32. The predicted molar refractivity (Wildman–Crippen MR) is 62.6 cm³/mol. The lowest BCUT2D eigenvalue weighted by Crippen LogP contribution is -2.48. The Bertz CT molecular complexity index is 304. The van der Waals surface area contributed by atoms with E-state index in [9.17, 15) is 4.79 Å². The van der Waals surface area contributed by atoms with Gasteiger partial charge < -0.3 is 11.1 Å². The minimum Gasteiger partial charge on any atom is -0.368 e. The zero-order valence-corrected chi connectivity index (χ0v) is 9.99. The van der Waals surface area contributed by atoms with Crippen LogP contribution >= 0.6 is 0 Å². The lowest BCUT2D eigenvalue weighted by atomic mass is 9.79. The molecule has 3 aliphatic carbocycles. The molecule has 1 amide bonds. The van der Waals surface area contributed by atoms with Crippen molar-refractivity contribution in [2.45, 2.75) is 51.1 Å². The molecule has 0 aromatic rings. The second kappa shape index (κ2) is 3.73. The second-order valence-corrected chi connectivity index (χ2v) is 6.05. The summed E-state index contributed by atoms with van der Waals surface area (Å²) in [5, 5.41) is 3.45. The summed E-state index contributed by atoms with van der Waals surface area (Å²) in [4.78, 5) is 11.1. The minimum atomic E-state index is -0.217. The van der Waals surface area contributed by atoms with E-state index in [0.717, 1.165) is 23.7 Å². The summed E-state index contributed by atoms with van der Waals surface area (Å²) in [6, 6.07) is 0.399. The Morgan fingerprint density at radius 2 is 2.00 bits per heavy atom. The van der Waals surface area contributed by atoms with Crippen molar-refractivity contribution in [2.75, 3.05) is 0 Å². The molecule has 0 heterocycles. The Balaban J connectivity index is 1.66. The first-order chi connectivity index (χ1) is 7.66. The van der Waals surface area contributed by atoms with Crippen molar-refractivity contribution < 1.29 is 4.79 Å². The number of hydrogen-bond acceptors (Lipinski definition) is 2. The molecule has 3 fully saturated rings. The van der Waals surface area contributed by atoms with Crippen LogP contribution in [-0.4, -0.2) is 18.0 Å². The van der Waals surface area contributed by atoms with Crippen LogP contribution in [0.4, 0.5) is 0 Å². The topological polar surface area (TPSA) is 55.1 Å². The molecule has 3 aliphatic rings. The van der Waals surface area contributed by atoms with Crippen molar-refractivity contribution in [2.24, 2.45) is 29.4 Å². The summed E-state index contributed by atoms with van der Waals surface area (Å²) < 4.78 is 0. The number of nitrogens with two attached hydrogens (primary N) is 1. The summed E-state index contributed by atoms with van der Waals surface area (Å²) in [7, 11) is 0. The Morgan fingerprint density at radius 1 is 1.25 bits per heavy atom. The Kier molecular flexibility index (Phi) is 2.46. The zero-order valence-electron chi connectivity index (χ0n) is 9.99. The van der Waals surface area contributed by atoms with Gasteiger partial charge in [0.1, 0.15) is 0 Å². The van der Waals surface area contributed by atoms with Crippen molar-refractivity contribution in [3.05, 3.63) is 0 Å². The average molecular weight is 222 g/mol. The summed E-state index contributed by atoms with van der Waals surface area (Å²) in [5.41, 5.74) is 5.32. The fourth-order valence-electron chi connectivity index (χ4n) is 4.66. The summed E-state index contributed by atoms with van der Waals surface area (Å²) in [6.07, 6.45) is 7.00. The van der Waals surface area contributed by atoms with Gasteiger partial charge in [-0.05, 0) is 56.3 Å². The molecule has 3 rings (SSSR count). The summed E-state index contributed by atoms with van der Waals surface area (Å²) in [5.74, 6) is 3.53. The monoisotopic (exact) mass is 222 g/mol. The number of hydrogen-bond donors (Lipinski definition) is 2. The Hall–Kier alpha value is -0.570. The molecule has 3 saturated carbocycles. The number of primary amides is 1. The minimum absolute atomic E-state index is 0.163. The van der Waals surface area contributed by atoms with Gasteiger partial charge in [0.25, 0.3) is 0 Å². The van der Waals surface area contributed by atoms with Crippen LogP contribution in [0.2, 0.25) is 0 Å². The number of rotatable bonds is 3. The van der Waals surface area contributed by atoms with E-state index in [-0.39, 0.29) is 11.9 Å². The molecule has 0 aliphatic heterocycles. The van der Waals surface area contributed by atoms with E-state index in [0.29, 0.717) is 6.04 Å². The van der Waals surface area contributed by atoms with Crippen molar-refractivity contribution in [3.63, 3.8) is 0 Å². The van der Waals surface area contributed by atoms with Crippen LogP contribution in [0.3, 0.4) is 0 Å². The molecule has 3 N–H and O–H groups in total. The number of carbonyl (C=O) groups is 1. The van der Waals surface area contributed by atoms with Gasteiger partial charge in [0.15, 0.2) is 0 Å². The van der Waals surface area contributed by atoms with E-state index >= 15 is 0 Å². The highest BCUT2D eigenvalue weighted by molar-refractivity contribution is 5.79. The maximum Gasteiger partial charge on any atom is 0.234 e. The molecule has 0 radical (unpaired) electrons. The molecular formula is C13H22N2O. The molecule has 5 unspecified atom stereocenters. The zero-order chi connectivity index (χ0) is 11.3. The van der Waals surface area contributed by atoms with E-state index in [1.165, 1.54) is 32.1 Å². The number of nitrogens with one attached hydrogen (secondary N) is 1. The summed E-state index contributed by atoms with van der Waals surface area (Å²) >= 11 is 0. The lowest BCUT2D eigenvalue weighted by Gasteiger charge is -2.33. The molecule has 0 saturated heterocycles. The highest BCUT2D eigenvalue weighted by Crippen LogP contribution is 2.58. The number of carbonyl (C=O) groups excluding carboxylic acids is 1. The molecule has 0 aromatic heterocycles. The van der Waals surface area contributed by atoms with Crippen molar-refractivity contribution >= 4 is 5.91 Å². The third kappa shape index (κ3) is 1.48. The predicted octanol–water partition coefficient (Wildman–Crippen LogP) is 1.27. The standard InChI is InChI=1S/C13H22N2O/c1-7(13(14)16)15-12-6-8-5-11(12)10-4-2-3-9(8)10/h7-12,15H,2-6H2,1H3,(H2,14,16)/t7-,8?,9?,10?,11?,12?/m0/s1. The van der Waals surface area contributed by atoms with Crippen LogP contribution in [0.15, 0.2) is 0 Å². The third-order valence-electron chi connectivity index (χ3n) is 5.32. The van der Waals surface area contributed by atoms with E-state index in [1.54, 1.807) is 0 Å². The van der Waals surface area contributed by atoms with Crippen molar-refractivity contribution in [1.82, 2.24) is 5.32 Å². The maximum absolute atomic E-state index is 11.1. The largest absolute Gasteiger partial charge is 0.368 e. The van der Waals surface area contributed by atoms with Crippen LogP contribution < -0.4 is 11.1 Å². The SMILES string of the molecule is C[C@H](NC1CC2CC1C1CCCC21)C(N)=O. The molecule has 3 nitrogen and oxygen atoms in total. The Labute approximate surface area is 97.2 Å². The first-order valence-corrected chi connectivity index (χ1v) is 6.72. The van der Waals surface area contributed by atoms with Gasteiger partial charge in [0, 0.05) is 6.04 Å². The second-order valence-electron chi connectivity index (χ2n) is 6.05. The van der Waals surface area contributed by atoms with Gasteiger partial charge in [0.05, 0.1) is 6.04 Å². The van der Waals surface area contributed by atoms with Gasteiger partial charge >= 0.3 is 0 Å². The van der Waals surface area contributed by atoms with E-state index in [2.05, 4.69) is 5.32 Å². The van der Waals surface area contributed by atoms with Gasteiger partial charge in [-0.25, -0.2) is 0 Å². The van der Waals surface area contributed by atoms with Crippen LogP contribution in [0.25, 0.3) is 0 Å². The normalized spacial score (nSPS) is 46.9. The van der Waals surface area contributed by atoms with E-state index in [4.69, 9.17) is 5.73 Å². The number of amides is 1. The van der Waals surface area contributed by atoms with Crippen molar-refractivity contribution in [3.8, 4) is 0 Å². The molecule has 6 atom stereocenters. The fraction of sp³-hybridized carbons (Fsp3) is 0.923. The fourth-order valence-corrected chi connectivity index (χ4v) is 4.66. The van der Waals surface area contributed by atoms with E-state index < -0.39 is 0 Å². The summed E-state index contributed by atoms with van der Waals surface area (Å²) in [6.45, 7) is 1.89. The average Bonchev–Trinajstić information content (AvgIpc) is 2.87. The van der Waals surface area contributed by atoms with Gasteiger partial charge in [0.2, 0.25) is 5.91 Å². The van der Waals surface area contributed by atoms with Crippen LogP contribution in [0.1, 0.15) is 39.0 Å². The van der Waals surface area contributed by atoms with Gasteiger partial charge in [-0.1, -0.05) is 6.42 Å². The highest BCUT2D eigenvalue weighted by atomic mass is 16.1.